The molecule has 0 aliphatic carbocycles. The number of anilines is 1. The minimum Gasteiger partial charge on any atom is -0.437 e. The molecule has 7 nitrogen and oxygen atoms in total. The first-order chi connectivity index (χ1) is 9.15. The van der Waals surface area contributed by atoms with E-state index in [1.807, 2.05) is 12.1 Å². The van der Waals surface area contributed by atoms with E-state index in [0.717, 1.165) is 0 Å². The molecule has 2 aromatic heterocycles. The average Bonchev–Trinajstić information content (AvgIpc) is 2.74. The lowest BCUT2D eigenvalue weighted by Crippen LogP contribution is -2.13. The van der Waals surface area contributed by atoms with Gasteiger partial charge in [0.1, 0.15) is 5.82 Å². The molecule has 0 bridgehead atoms. The number of hydrogen-bond acceptors (Lipinski definition) is 5. The van der Waals surface area contributed by atoms with Crippen LogP contribution in [0.4, 0.5) is 5.69 Å². The molecule has 0 aliphatic heterocycles. The Morgan fingerprint density at radius 2 is 2.16 bits per heavy atom. The molecule has 0 radical (unpaired) electrons. The number of aromatic amines is 1. The Labute approximate surface area is 107 Å². The number of hydrogen-bond donors (Lipinski definition) is 2. The van der Waals surface area contributed by atoms with Gasteiger partial charge in [0.05, 0.1) is 5.69 Å². The van der Waals surface area contributed by atoms with E-state index in [4.69, 9.17) is 10.5 Å². The van der Waals surface area contributed by atoms with Crippen molar-refractivity contribution in [2.75, 3.05) is 5.73 Å². The number of H-pyrrole nitrogens is 1. The maximum Gasteiger partial charge on any atom is 0.349 e. The van der Waals surface area contributed by atoms with Crippen LogP contribution in [-0.2, 0) is 0 Å². The number of nitrogens with one attached hydrogen (secondary N) is 1. The largest absolute Gasteiger partial charge is 0.437 e. The van der Waals surface area contributed by atoms with E-state index < -0.39 is 0 Å². The molecule has 0 aliphatic rings. The molecular weight excluding hydrogens is 246 g/mol. The zero-order valence-electron chi connectivity index (χ0n) is 10.1. The molecule has 2 heterocycles. The Morgan fingerprint density at radius 3 is 2.95 bits per heavy atom. The van der Waals surface area contributed by atoms with Crippen LogP contribution in [0.3, 0.4) is 0 Å². The van der Waals surface area contributed by atoms with Crippen molar-refractivity contribution in [2.24, 2.45) is 0 Å². The Hall–Kier alpha value is -2.83. The van der Waals surface area contributed by atoms with Crippen LogP contribution in [0.15, 0.2) is 35.1 Å². The van der Waals surface area contributed by atoms with E-state index in [9.17, 15) is 4.79 Å². The molecule has 1 aromatic carbocycles. The third kappa shape index (κ3) is 1.90. The van der Waals surface area contributed by atoms with Gasteiger partial charge in [0.2, 0.25) is 5.88 Å². The lowest BCUT2D eigenvalue weighted by molar-refractivity contribution is 0.462. The summed E-state index contributed by atoms with van der Waals surface area (Å²) in [6.45, 7) is 1.70. The molecule has 0 amide bonds. The smallest absolute Gasteiger partial charge is 0.349 e. The van der Waals surface area contributed by atoms with E-state index >= 15 is 0 Å². The van der Waals surface area contributed by atoms with Crippen LogP contribution in [0, 0.1) is 6.92 Å². The van der Waals surface area contributed by atoms with Gasteiger partial charge in [-0.25, -0.2) is 14.3 Å². The number of aryl methyl sites for hydroxylation is 1. The zero-order valence-corrected chi connectivity index (χ0v) is 10.1. The van der Waals surface area contributed by atoms with Crippen LogP contribution in [0.2, 0.25) is 0 Å². The Kier molecular flexibility index (Phi) is 2.45. The summed E-state index contributed by atoms with van der Waals surface area (Å²) in [5.41, 5.74) is 6.43. The molecule has 0 saturated carbocycles. The highest BCUT2D eigenvalue weighted by Gasteiger charge is 2.09. The van der Waals surface area contributed by atoms with Gasteiger partial charge in [-0.2, -0.15) is 10.1 Å². The number of nitrogens with zero attached hydrogens (tertiary/aromatic N) is 3. The molecule has 3 N–H and O–H groups in total. The number of para-hydroxylation sites is 2. The normalized spacial score (nSPS) is 10.8. The number of fused-ring (bicyclic) bond motifs is 1. The summed E-state index contributed by atoms with van der Waals surface area (Å²) in [7, 11) is 0. The second-order valence-corrected chi connectivity index (χ2v) is 4.00. The van der Waals surface area contributed by atoms with Crippen LogP contribution < -0.4 is 16.2 Å². The highest BCUT2D eigenvalue weighted by molar-refractivity contribution is 5.53. The van der Waals surface area contributed by atoms with Gasteiger partial charge in [0, 0.05) is 6.07 Å². The Bertz CT molecular complexity index is 805. The third-order valence-electron chi connectivity index (χ3n) is 2.68. The molecule has 0 atom stereocenters. The summed E-state index contributed by atoms with van der Waals surface area (Å²) in [4.78, 5) is 15.7. The molecule has 19 heavy (non-hydrogen) atoms. The fourth-order valence-corrected chi connectivity index (χ4v) is 1.81. The molecule has 7 heteroatoms. The first-order valence-electron chi connectivity index (χ1n) is 5.62. The summed E-state index contributed by atoms with van der Waals surface area (Å²) in [5, 5.41) is 6.24. The predicted molar refractivity (Wildman–Crippen MR) is 69.3 cm³/mol. The van der Waals surface area contributed by atoms with Crippen molar-refractivity contribution in [3.63, 3.8) is 0 Å². The first-order valence-corrected chi connectivity index (χ1v) is 5.62. The van der Waals surface area contributed by atoms with Gasteiger partial charge < -0.3 is 10.5 Å². The van der Waals surface area contributed by atoms with Crippen molar-refractivity contribution in [3.8, 4) is 11.6 Å². The van der Waals surface area contributed by atoms with Crippen molar-refractivity contribution in [1.82, 2.24) is 19.6 Å². The van der Waals surface area contributed by atoms with E-state index in [2.05, 4.69) is 15.2 Å². The lowest BCUT2D eigenvalue weighted by Gasteiger charge is -2.08. The summed E-state index contributed by atoms with van der Waals surface area (Å²) in [6.07, 6.45) is 0. The molecule has 3 aromatic rings. The second-order valence-electron chi connectivity index (χ2n) is 4.00. The molecule has 3 rings (SSSR count). The molecule has 0 fully saturated rings. The van der Waals surface area contributed by atoms with Gasteiger partial charge in [0.15, 0.2) is 11.4 Å². The highest BCUT2D eigenvalue weighted by atomic mass is 16.5. The Morgan fingerprint density at radius 1 is 1.37 bits per heavy atom. The number of benzene rings is 1. The van der Waals surface area contributed by atoms with Crippen LogP contribution >= 0.6 is 0 Å². The van der Waals surface area contributed by atoms with E-state index in [1.165, 1.54) is 4.40 Å². The van der Waals surface area contributed by atoms with Gasteiger partial charge in [-0.1, -0.05) is 12.1 Å². The maximum atomic E-state index is 11.5. The van der Waals surface area contributed by atoms with Crippen molar-refractivity contribution in [3.05, 3.63) is 46.6 Å². The molecule has 0 spiro atoms. The van der Waals surface area contributed by atoms with Crippen molar-refractivity contribution < 1.29 is 4.74 Å². The van der Waals surface area contributed by atoms with Crippen LogP contribution in [0.1, 0.15) is 5.82 Å². The van der Waals surface area contributed by atoms with E-state index in [1.54, 1.807) is 25.1 Å². The van der Waals surface area contributed by atoms with Crippen molar-refractivity contribution in [1.29, 1.82) is 0 Å². The van der Waals surface area contributed by atoms with Crippen LogP contribution in [0.5, 0.6) is 11.6 Å². The monoisotopic (exact) mass is 257 g/mol. The molecule has 96 valence electrons. The van der Waals surface area contributed by atoms with Crippen LogP contribution in [0.25, 0.3) is 5.65 Å². The first kappa shape index (κ1) is 11.3. The molecular formula is C12H11N5O2. The topological polar surface area (TPSA) is 98.3 Å². The summed E-state index contributed by atoms with van der Waals surface area (Å²) in [5.74, 6) is 1.33. The number of aromatic nitrogens is 4. The highest BCUT2D eigenvalue weighted by Crippen LogP contribution is 2.25. The minimum atomic E-state index is -0.328. The average molecular weight is 257 g/mol. The van der Waals surface area contributed by atoms with Crippen molar-refractivity contribution >= 4 is 11.3 Å². The number of ether oxygens (including phenoxy) is 1. The second kappa shape index (κ2) is 4.13. The zero-order chi connectivity index (χ0) is 13.4. The fraction of sp³-hybridized carbons (Fsp3) is 0.0833. The number of nitrogens with two attached hydrogens (primary N) is 1. The summed E-state index contributed by atoms with van der Waals surface area (Å²) >= 11 is 0. The minimum absolute atomic E-state index is 0.328. The van der Waals surface area contributed by atoms with Gasteiger partial charge in [-0.15, -0.1) is 0 Å². The van der Waals surface area contributed by atoms with E-state index in [0.29, 0.717) is 28.8 Å². The van der Waals surface area contributed by atoms with Gasteiger partial charge >= 0.3 is 5.69 Å². The van der Waals surface area contributed by atoms with Crippen LogP contribution in [-0.4, -0.2) is 19.6 Å². The quantitative estimate of drug-likeness (QED) is 0.670. The summed E-state index contributed by atoms with van der Waals surface area (Å²) in [6, 6.07) is 8.68. The molecule has 0 unspecified atom stereocenters. The van der Waals surface area contributed by atoms with Gasteiger partial charge in [0.25, 0.3) is 0 Å². The summed E-state index contributed by atoms with van der Waals surface area (Å²) < 4.78 is 6.96. The number of nitrogen functional groups attached to an aromatic ring is 1. The van der Waals surface area contributed by atoms with Gasteiger partial charge in [-0.05, 0) is 19.1 Å². The SMILES string of the molecule is Cc1nc(Oc2ccccc2N)cc2n[nH]c(=O)n12. The predicted octanol–water partition coefficient (Wildman–Crippen LogP) is 1.10. The Balaban J connectivity index is 2.07. The fourth-order valence-electron chi connectivity index (χ4n) is 1.81. The van der Waals surface area contributed by atoms with E-state index in [-0.39, 0.29) is 5.69 Å². The molecule has 0 saturated heterocycles. The maximum absolute atomic E-state index is 11.5. The van der Waals surface area contributed by atoms with Gasteiger partial charge in [-0.3, -0.25) is 0 Å². The number of rotatable bonds is 2. The lowest BCUT2D eigenvalue weighted by atomic mass is 10.3. The van der Waals surface area contributed by atoms with Crippen molar-refractivity contribution in [2.45, 2.75) is 6.92 Å². The third-order valence-corrected chi connectivity index (χ3v) is 2.68. The standard InChI is InChI=1S/C12H11N5O2/c1-7-14-11(6-10-15-16-12(18)17(7)10)19-9-5-3-2-4-8(9)13/h2-6H,13H2,1H3,(H,16,18).